The molecule has 0 radical (unpaired) electrons. The Morgan fingerprint density at radius 2 is 2.00 bits per heavy atom. The predicted octanol–water partition coefficient (Wildman–Crippen LogP) is 2.46. The molecule has 3 rings (SSSR count). The Morgan fingerprint density at radius 1 is 1.28 bits per heavy atom. The smallest absolute Gasteiger partial charge is 0.192 e. The highest BCUT2D eigenvalue weighted by atomic mass is 32.2. The molecule has 2 N–H and O–H groups in total. The van der Waals surface area contributed by atoms with Gasteiger partial charge in [-0.3, -0.25) is 4.99 Å². The Morgan fingerprint density at radius 3 is 2.67 bits per heavy atom. The third-order valence-corrected chi connectivity index (χ3v) is 6.38. The molecule has 0 aromatic carbocycles. The van der Waals surface area contributed by atoms with Gasteiger partial charge >= 0.3 is 0 Å². The van der Waals surface area contributed by atoms with E-state index in [-0.39, 0.29) is 5.54 Å². The van der Waals surface area contributed by atoms with Gasteiger partial charge in [-0.2, -0.15) is 11.8 Å². The highest BCUT2D eigenvalue weighted by Gasteiger charge is 2.50. The van der Waals surface area contributed by atoms with E-state index >= 15 is 0 Å². The lowest BCUT2D eigenvalue weighted by atomic mass is 9.78. The number of aliphatic imine (C=N–C) groups is 1. The maximum absolute atomic E-state index is 6.22. The minimum absolute atomic E-state index is 0.228. The molecule has 1 spiro atoms. The van der Waals surface area contributed by atoms with Crippen LogP contribution in [0, 0.1) is 5.41 Å². The highest BCUT2D eigenvalue weighted by Crippen LogP contribution is 2.46. The van der Waals surface area contributed by atoms with Gasteiger partial charge in [0.2, 0.25) is 0 Å². The molecule has 4 heteroatoms. The van der Waals surface area contributed by atoms with Gasteiger partial charge in [-0.05, 0) is 30.4 Å². The van der Waals surface area contributed by atoms with Crippen LogP contribution in [-0.2, 0) is 0 Å². The van der Waals surface area contributed by atoms with Crippen molar-refractivity contribution in [3.8, 4) is 0 Å². The van der Waals surface area contributed by atoms with E-state index in [2.05, 4.69) is 35.5 Å². The third kappa shape index (κ3) is 2.02. The van der Waals surface area contributed by atoms with Crippen molar-refractivity contribution < 1.29 is 0 Å². The summed E-state index contributed by atoms with van der Waals surface area (Å²) in [4.78, 5) is 7.13. The van der Waals surface area contributed by atoms with Crippen LogP contribution < -0.4 is 5.73 Å². The van der Waals surface area contributed by atoms with Crippen LogP contribution in [0.25, 0.3) is 0 Å². The Labute approximate surface area is 115 Å². The summed E-state index contributed by atoms with van der Waals surface area (Å²) in [5.41, 5.74) is 6.86. The van der Waals surface area contributed by atoms with E-state index < -0.39 is 0 Å². The van der Waals surface area contributed by atoms with Crippen LogP contribution in [0.15, 0.2) is 4.99 Å². The molecule has 1 aliphatic carbocycles. The quantitative estimate of drug-likeness (QED) is 0.793. The molecule has 102 valence electrons. The molecule has 0 bridgehead atoms. The van der Waals surface area contributed by atoms with Gasteiger partial charge in [0.1, 0.15) is 0 Å². The van der Waals surface area contributed by atoms with Crippen LogP contribution in [0.5, 0.6) is 0 Å². The first kappa shape index (κ1) is 12.6. The van der Waals surface area contributed by atoms with E-state index in [0.717, 1.165) is 12.5 Å². The molecule has 2 heterocycles. The zero-order valence-electron chi connectivity index (χ0n) is 11.6. The Balaban J connectivity index is 1.86. The zero-order chi connectivity index (χ0) is 12.8. The van der Waals surface area contributed by atoms with Gasteiger partial charge in [-0.15, -0.1) is 0 Å². The Bertz CT molecular complexity index is 360. The first-order valence-electron chi connectivity index (χ1n) is 7.20. The second-order valence-electron chi connectivity index (χ2n) is 7.04. The number of thioether (sulfide) groups is 1. The average Bonchev–Trinajstić information content (AvgIpc) is 2.86. The molecular weight excluding hydrogens is 242 g/mol. The molecule has 1 saturated carbocycles. The fourth-order valence-corrected chi connectivity index (χ4v) is 5.60. The fourth-order valence-electron chi connectivity index (χ4n) is 4.13. The van der Waals surface area contributed by atoms with Crippen molar-refractivity contribution in [2.24, 2.45) is 16.1 Å². The van der Waals surface area contributed by atoms with Crippen LogP contribution in [0.1, 0.15) is 46.0 Å². The van der Waals surface area contributed by atoms with Crippen molar-refractivity contribution >= 4 is 17.7 Å². The van der Waals surface area contributed by atoms with Gasteiger partial charge in [0.25, 0.3) is 0 Å². The maximum atomic E-state index is 6.22. The molecule has 2 aliphatic heterocycles. The molecule has 18 heavy (non-hydrogen) atoms. The molecular formula is C14H25N3S. The van der Waals surface area contributed by atoms with Crippen molar-refractivity contribution in [3.63, 3.8) is 0 Å². The molecule has 0 aromatic heterocycles. The fraction of sp³-hybridized carbons (Fsp3) is 0.929. The topological polar surface area (TPSA) is 41.6 Å². The van der Waals surface area contributed by atoms with E-state index in [4.69, 9.17) is 5.73 Å². The third-order valence-electron chi connectivity index (χ3n) is 4.65. The monoisotopic (exact) mass is 267 g/mol. The lowest BCUT2D eigenvalue weighted by Gasteiger charge is -2.49. The van der Waals surface area contributed by atoms with Gasteiger partial charge in [0.15, 0.2) is 5.96 Å². The summed E-state index contributed by atoms with van der Waals surface area (Å²) < 4.78 is 0. The SMILES string of the molecule is CC1(C)CSCC2(CN=C(N)N2C2CCCC2)C1. The number of hydrogen-bond donors (Lipinski definition) is 1. The Kier molecular flexibility index (Phi) is 3.04. The van der Waals surface area contributed by atoms with Crippen LogP contribution in [0.2, 0.25) is 0 Å². The van der Waals surface area contributed by atoms with Crippen molar-refractivity contribution in [3.05, 3.63) is 0 Å². The van der Waals surface area contributed by atoms with Gasteiger partial charge < -0.3 is 10.6 Å². The van der Waals surface area contributed by atoms with E-state index in [1.165, 1.54) is 43.6 Å². The summed E-state index contributed by atoms with van der Waals surface area (Å²) in [5.74, 6) is 3.30. The summed E-state index contributed by atoms with van der Waals surface area (Å²) in [7, 11) is 0. The summed E-state index contributed by atoms with van der Waals surface area (Å²) in [6.45, 7) is 5.70. The van der Waals surface area contributed by atoms with Crippen molar-refractivity contribution in [1.82, 2.24) is 4.90 Å². The predicted molar refractivity (Wildman–Crippen MR) is 79.0 cm³/mol. The normalized spacial score (nSPS) is 36.3. The molecule has 2 fully saturated rings. The number of nitrogens with two attached hydrogens (primary N) is 1. The molecule has 3 aliphatic rings. The van der Waals surface area contributed by atoms with Crippen molar-refractivity contribution in [2.75, 3.05) is 18.1 Å². The summed E-state index contributed by atoms with van der Waals surface area (Å²) >= 11 is 2.09. The van der Waals surface area contributed by atoms with E-state index in [1.54, 1.807) is 0 Å². The second-order valence-corrected chi connectivity index (χ2v) is 8.03. The summed E-state index contributed by atoms with van der Waals surface area (Å²) in [5, 5.41) is 0. The minimum atomic E-state index is 0.228. The lowest BCUT2D eigenvalue weighted by Crippen LogP contribution is -2.60. The number of rotatable bonds is 1. The molecule has 0 amide bonds. The highest BCUT2D eigenvalue weighted by molar-refractivity contribution is 7.99. The first-order valence-corrected chi connectivity index (χ1v) is 8.35. The molecule has 1 saturated heterocycles. The maximum Gasteiger partial charge on any atom is 0.192 e. The molecule has 0 aromatic rings. The van der Waals surface area contributed by atoms with E-state index in [9.17, 15) is 0 Å². The van der Waals surface area contributed by atoms with E-state index in [1.807, 2.05) is 0 Å². The Hall–Kier alpha value is -0.380. The van der Waals surface area contributed by atoms with Crippen molar-refractivity contribution in [2.45, 2.75) is 57.5 Å². The minimum Gasteiger partial charge on any atom is -0.370 e. The largest absolute Gasteiger partial charge is 0.370 e. The second kappa shape index (κ2) is 4.32. The standard InChI is InChI=1S/C14H25N3S/c1-13(2)7-14(10-18-9-13)8-16-12(15)17(14)11-5-3-4-6-11/h11H,3-10H2,1-2H3,(H2,15,16). The molecule has 1 unspecified atom stereocenters. The number of guanidine groups is 1. The number of nitrogens with zero attached hydrogens (tertiary/aromatic N) is 2. The van der Waals surface area contributed by atoms with Crippen LogP contribution in [-0.4, -0.2) is 40.5 Å². The molecule has 3 nitrogen and oxygen atoms in total. The average molecular weight is 267 g/mol. The van der Waals surface area contributed by atoms with Crippen molar-refractivity contribution in [1.29, 1.82) is 0 Å². The van der Waals surface area contributed by atoms with Crippen LogP contribution in [0.3, 0.4) is 0 Å². The lowest BCUT2D eigenvalue weighted by molar-refractivity contribution is 0.114. The van der Waals surface area contributed by atoms with Gasteiger partial charge in [-0.1, -0.05) is 26.7 Å². The zero-order valence-corrected chi connectivity index (χ0v) is 12.4. The van der Waals surface area contributed by atoms with Crippen LogP contribution in [0.4, 0.5) is 0 Å². The van der Waals surface area contributed by atoms with Crippen LogP contribution >= 0.6 is 11.8 Å². The van der Waals surface area contributed by atoms with Gasteiger partial charge in [0.05, 0.1) is 12.1 Å². The van der Waals surface area contributed by atoms with E-state index in [0.29, 0.717) is 11.5 Å². The summed E-state index contributed by atoms with van der Waals surface area (Å²) in [6, 6.07) is 0.658. The van der Waals surface area contributed by atoms with Gasteiger partial charge in [-0.25, -0.2) is 0 Å². The molecule has 1 atom stereocenters. The first-order chi connectivity index (χ1) is 8.53. The number of hydrogen-bond acceptors (Lipinski definition) is 4. The van der Waals surface area contributed by atoms with Gasteiger partial charge in [0, 0.05) is 11.8 Å². The summed E-state index contributed by atoms with van der Waals surface area (Å²) in [6.07, 6.45) is 6.59.